The predicted octanol–water partition coefficient (Wildman–Crippen LogP) is 1.47. The summed E-state index contributed by atoms with van der Waals surface area (Å²) in [4.78, 5) is 0. The van der Waals surface area contributed by atoms with Crippen molar-refractivity contribution in [2.24, 2.45) is 0 Å². The van der Waals surface area contributed by atoms with Crippen LogP contribution in [0.4, 0.5) is 0 Å². The summed E-state index contributed by atoms with van der Waals surface area (Å²) in [6.07, 6.45) is 0. The van der Waals surface area contributed by atoms with Crippen molar-refractivity contribution < 1.29 is 10.3 Å². The third-order valence-electron chi connectivity index (χ3n) is 1.84. The van der Waals surface area contributed by atoms with Gasteiger partial charge in [0.15, 0.2) is 0 Å². The molecule has 1 rings (SSSR count). The molecule has 0 aliphatic rings. The minimum absolute atomic E-state index is 0.196. The highest BCUT2D eigenvalue weighted by atomic mass is 16.5. The van der Waals surface area contributed by atoms with Gasteiger partial charge in [-0.1, -0.05) is 19.1 Å². The van der Waals surface area contributed by atoms with Crippen LogP contribution in [0, 0.1) is 0 Å². The molecule has 0 bridgehead atoms. The van der Waals surface area contributed by atoms with Crippen LogP contribution in [0.5, 0.6) is 5.75 Å². The van der Waals surface area contributed by atoms with Crippen molar-refractivity contribution in [1.82, 2.24) is 5.48 Å². The molecule has 0 amide bonds. The Morgan fingerprint density at radius 3 is 2.83 bits per heavy atom. The molecule has 1 atom stereocenters. The van der Waals surface area contributed by atoms with Gasteiger partial charge in [0.05, 0.1) is 0 Å². The Balaban J connectivity index is 2.73. The van der Waals surface area contributed by atoms with E-state index in [0.29, 0.717) is 6.54 Å². The second kappa shape index (κ2) is 4.09. The van der Waals surface area contributed by atoms with E-state index in [4.69, 9.17) is 10.3 Å². The Bertz CT molecular complexity index is 250. The van der Waals surface area contributed by atoms with Crippen molar-refractivity contribution in [2.45, 2.75) is 12.8 Å². The third kappa shape index (κ3) is 2.22. The molecule has 0 heterocycles. The van der Waals surface area contributed by atoms with Crippen LogP contribution in [0.2, 0.25) is 0 Å². The van der Waals surface area contributed by atoms with E-state index in [0.717, 1.165) is 5.56 Å². The summed E-state index contributed by atoms with van der Waals surface area (Å²) < 4.78 is 0. The van der Waals surface area contributed by atoms with Crippen molar-refractivity contribution in [3.8, 4) is 5.75 Å². The largest absolute Gasteiger partial charge is 0.508 e. The Hall–Kier alpha value is -1.06. The fourth-order valence-corrected chi connectivity index (χ4v) is 1.09. The molecule has 0 fully saturated rings. The minimum Gasteiger partial charge on any atom is -0.508 e. The summed E-state index contributed by atoms with van der Waals surface area (Å²) in [5.41, 5.74) is 3.11. The highest BCUT2D eigenvalue weighted by molar-refractivity contribution is 5.29. The number of hydroxylamine groups is 1. The van der Waals surface area contributed by atoms with Gasteiger partial charge in [0, 0.05) is 6.54 Å². The summed E-state index contributed by atoms with van der Waals surface area (Å²) >= 11 is 0. The average molecular weight is 167 g/mol. The molecule has 1 aromatic carbocycles. The maximum Gasteiger partial charge on any atom is 0.115 e. The maximum absolute atomic E-state index is 9.15. The summed E-state index contributed by atoms with van der Waals surface area (Å²) in [7, 11) is 0. The second-order valence-electron chi connectivity index (χ2n) is 2.86. The molecule has 0 aliphatic heterocycles. The average Bonchev–Trinajstić information content (AvgIpc) is 2.05. The molecule has 0 radical (unpaired) electrons. The van der Waals surface area contributed by atoms with Gasteiger partial charge in [-0.25, -0.2) is 5.48 Å². The number of phenolic OH excluding ortho intramolecular Hbond substituents is 1. The molecule has 12 heavy (non-hydrogen) atoms. The molecule has 1 aromatic rings. The highest BCUT2D eigenvalue weighted by Crippen LogP contribution is 2.18. The molecule has 0 aliphatic carbocycles. The van der Waals surface area contributed by atoms with Crippen LogP contribution in [0.15, 0.2) is 24.3 Å². The maximum atomic E-state index is 9.15. The number of hydrogen-bond acceptors (Lipinski definition) is 3. The zero-order valence-electron chi connectivity index (χ0n) is 6.99. The van der Waals surface area contributed by atoms with Gasteiger partial charge in [-0.05, 0) is 23.6 Å². The Labute approximate surface area is 71.6 Å². The highest BCUT2D eigenvalue weighted by Gasteiger charge is 2.04. The molecule has 0 saturated heterocycles. The topological polar surface area (TPSA) is 52.5 Å². The van der Waals surface area contributed by atoms with Crippen LogP contribution < -0.4 is 5.48 Å². The molecule has 66 valence electrons. The van der Waals surface area contributed by atoms with Crippen molar-refractivity contribution in [3.63, 3.8) is 0 Å². The first kappa shape index (κ1) is 9.03. The molecule has 0 saturated carbocycles. The number of benzene rings is 1. The molecule has 0 spiro atoms. The van der Waals surface area contributed by atoms with E-state index in [1.54, 1.807) is 18.2 Å². The predicted molar refractivity (Wildman–Crippen MR) is 46.3 cm³/mol. The van der Waals surface area contributed by atoms with Gasteiger partial charge in [-0.2, -0.15) is 0 Å². The first-order valence-corrected chi connectivity index (χ1v) is 3.90. The van der Waals surface area contributed by atoms with E-state index in [1.165, 1.54) is 0 Å². The standard InChI is InChI=1S/C9H13NO2/c1-7(6-10-12)8-3-2-4-9(11)5-8/h2-5,7,10-12H,6H2,1H3. The SMILES string of the molecule is CC(CNO)c1cccc(O)c1. The summed E-state index contributed by atoms with van der Waals surface area (Å²) in [6, 6.07) is 7.03. The van der Waals surface area contributed by atoms with Crippen molar-refractivity contribution >= 4 is 0 Å². The minimum atomic E-state index is 0.196. The Morgan fingerprint density at radius 1 is 1.50 bits per heavy atom. The molecule has 0 aromatic heterocycles. The van der Waals surface area contributed by atoms with Crippen LogP contribution in [-0.4, -0.2) is 16.9 Å². The van der Waals surface area contributed by atoms with Gasteiger partial charge in [0.25, 0.3) is 0 Å². The monoisotopic (exact) mass is 167 g/mol. The van der Waals surface area contributed by atoms with Gasteiger partial charge in [0.2, 0.25) is 0 Å². The zero-order chi connectivity index (χ0) is 8.97. The first-order chi connectivity index (χ1) is 5.74. The molecule has 1 unspecified atom stereocenters. The van der Waals surface area contributed by atoms with Crippen LogP contribution in [0.25, 0.3) is 0 Å². The van der Waals surface area contributed by atoms with E-state index in [9.17, 15) is 0 Å². The lowest BCUT2D eigenvalue weighted by molar-refractivity contribution is 0.161. The van der Waals surface area contributed by atoms with E-state index < -0.39 is 0 Å². The number of phenols is 1. The summed E-state index contributed by atoms with van der Waals surface area (Å²) in [5, 5.41) is 17.6. The van der Waals surface area contributed by atoms with E-state index in [1.807, 2.05) is 13.0 Å². The lowest BCUT2D eigenvalue weighted by Crippen LogP contribution is -2.15. The fourth-order valence-electron chi connectivity index (χ4n) is 1.09. The quantitative estimate of drug-likeness (QED) is 0.597. The lowest BCUT2D eigenvalue weighted by atomic mass is 10.0. The summed E-state index contributed by atoms with van der Waals surface area (Å²) in [6.45, 7) is 2.46. The first-order valence-electron chi connectivity index (χ1n) is 3.90. The Morgan fingerprint density at radius 2 is 2.25 bits per heavy atom. The number of hydrogen-bond donors (Lipinski definition) is 3. The van der Waals surface area contributed by atoms with Crippen LogP contribution in [0.3, 0.4) is 0 Å². The zero-order valence-corrected chi connectivity index (χ0v) is 6.99. The third-order valence-corrected chi connectivity index (χ3v) is 1.84. The molecule has 3 N–H and O–H groups in total. The van der Waals surface area contributed by atoms with E-state index >= 15 is 0 Å². The lowest BCUT2D eigenvalue weighted by Gasteiger charge is -2.09. The Kier molecular flexibility index (Phi) is 3.08. The van der Waals surface area contributed by atoms with Gasteiger partial charge >= 0.3 is 0 Å². The van der Waals surface area contributed by atoms with E-state index in [-0.39, 0.29) is 11.7 Å². The van der Waals surface area contributed by atoms with Crippen LogP contribution in [-0.2, 0) is 0 Å². The smallest absolute Gasteiger partial charge is 0.115 e. The second-order valence-corrected chi connectivity index (χ2v) is 2.86. The van der Waals surface area contributed by atoms with Crippen molar-refractivity contribution in [1.29, 1.82) is 0 Å². The number of nitrogens with one attached hydrogen (secondary N) is 1. The van der Waals surface area contributed by atoms with Crippen molar-refractivity contribution in [3.05, 3.63) is 29.8 Å². The molecular formula is C9H13NO2. The molecular weight excluding hydrogens is 154 g/mol. The fraction of sp³-hybridized carbons (Fsp3) is 0.333. The number of aromatic hydroxyl groups is 1. The van der Waals surface area contributed by atoms with Gasteiger partial charge in [-0.3, -0.25) is 0 Å². The summed E-state index contributed by atoms with van der Waals surface area (Å²) in [5.74, 6) is 0.458. The van der Waals surface area contributed by atoms with Gasteiger partial charge in [0.1, 0.15) is 5.75 Å². The molecule has 3 heteroatoms. The van der Waals surface area contributed by atoms with Crippen molar-refractivity contribution in [2.75, 3.05) is 6.54 Å². The molecule has 3 nitrogen and oxygen atoms in total. The normalized spacial score (nSPS) is 12.8. The number of rotatable bonds is 3. The van der Waals surface area contributed by atoms with E-state index in [2.05, 4.69) is 5.48 Å². The van der Waals surface area contributed by atoms with Gasteiger partial charge in [-0.15, -0.1) is 0 Å². The van der Waals surface area contributed by atoms with Gasteiger partial charge < -0.3 is 10.3 Å². The van der Waals surface area contributed by atoms with Crippen LogP contribution in [0.1, 0.15) is 18.4 Å². The van der Waals surface area contributed by atoms with Crippen LogP contribution >= 0.6 is 0 Å².